The molecular formula is C20H21NO8S2. The number of amides is 1. The topological polar surface area (TPSA) is 125 Å². The van der Waals surface area contributed by atoms with E-state index in [2.05, 4.69) is 9.47 Å². The zero-order chi connectivity index (χ0) is 23.3. The zero-order valence-electron chi connectivity index (χ0n) is 17.5. The van der Waals surface area contributed by atoms with Gasteiger partial charge in [-0.2, -0.15) is 0 Å². The number of rotatable bonds is 7. The molecule has 0 radical (unpaired) electrons. The number of methoxy groups -OCH3 is 3. The molecule has 0 bridgehead atoms. The van der Waals surface area contributed by atoms with E-state index in [1.54, 1.807) is 12.1 Å². The molecule has 1 N–H and O–H groups in total. The second-order valence-corrected chi connectivity index (χ2v) is 9.15. The molecule has 1 heterocycles. The minimum Gasteiger partial charge on any atom is -0.496 e. The van der Waals surface area contributed by atoms with E-state index in [0.717, 1.165) is 25.9 Å². The van der Waals surface area contributed by atoms with Crippen LogP contribution < -0.4 is 9.46 Å². The summed E-state index contributed by atoms with van der Waals surface area (Å²) in [5, 5.41) is 0. The highest BCUT2D eigenvalue weighted by atomic mass is 32.2. The lowest BCUT2D eigenvalue weighted by atomic mass is 10.1. The quantitative estimate of drug-likeness (QED) is 0.486. The van der Waals surface area contributed by atoms with Crippen molar-refractivity contribution in [3.05, 3.63) is 51.4 Å². The molecule has 0 saturated heterocycles. The molecule has 0 unspecified atom stereocenters. The first-order valence-corrected chi connectivity index (χ1v) is 11.0. The molecule has 0 spiro atoms. The van der Waals surface area contributed by atoms with Crippen molar-refractivity contribution >= 4 is 45.3 Å². The molecule has 166 valence electrons. The van der Waals surface area contributed by atoms with Gasteiger partial charge < -0.3 is 14.2 Å². The smallest absolute Gasteiger partial charge is 0.348 e. The van der Waals surface area contributed by atoms with Gasteiger partial charge in [0, 0.05) is 11.6 Å². The van der Waals surface area contributed by atoms with E-state index in [4.69, 9.17) is 4.74 Å². The molecule has 0 fully saturated rings. The maximum absolute atomic E-state index is 12.8. The summed E-state index contributed by atoms with van der Waals surface area (Å²) in [5.74, 6) is -2.23. The Labute approximate surface area is 183 Å². The van der Waals surface area contributed by atoms with Crippen LogP contribution >= 0.6 is 11.3 Å². The third-order valence-corrected chi connectivity index (χ3v) is 7.29. The van der Waals surface area contributed by atoms with E-state index < -0.39 is 32.1 Å². The molecule has 0 aliphatic rings. The predicted octanol–water partition coefficient (Wildman–Crippen LogP) is 2.47. The van der Waals surface area contributed by atoms with Crippen LogP contribution in [0.5, 0.6) is 5.75 Å². The first-order valence-electron chi connectivity index (χ1n) is 8.75. The second kappa shape index (κ2) is 9.75. The number of aryl methyl sites for hydroxylation is 1. The highest BCUT2D eigenvalue weighted by molar-refractivity contribution is 7.92. The standard InChI is InChI=1S/C20H21NO8S2/c1-11-6-8-14(27-3)13(10-11)7-9-15(22)21-31(25,26)20-16(18(23)28-4)12(2)17(30-20)19(24)29-5/h6-10H,1-5H3,(H,21,22). The molecule has 1 aromatic carbocycles. The zero-order valence-corrected chi connectivity index (χ0v) is 19.1. The summed E-state index contributed by atoms with van der Waals surface area (Å²) in [7, 11) is -0.820. The number of carbonyl (C=O) groups excluding carboxylic acids is 3. The van der Waals surface area contributed by atoms with Crippen LogP contribution in [0.15, 0.2) is 28.5 Å². The first-order chi connectivity index (χ1) is 14.5. The summed E-state index contributed by atoms with van der Waals surface area (Å²) < 4.78 is 41.4. The molecule has 0 atom stereocenters. The number of thiophene rings is 1. The summed E-state index contributed by atoms with van der Waals surface area (Å²) in [6.45, 7) is 3.24. The van der Waals surface area contributed by atoms with E-state index in [9.17, 15) is 22.8 Å². The molecule has 2 aromatic rings. The van der Waals surface area contributed by atoms with Crippen LogP contribution in [0.2, 0.25) is 0 Å². The Hall–Kier alpha value is -3.18. The van der Waals surface area contributed by atoms with Crippen molar-refractivity contribution in [3.63, 3.8) is 0 Å². The summed E-state index contributed by atoms with van der Waals surface area (Å²) in [5.41, 5.74) is 1.24. The van der Waals surface area contributed by atoms with Gasteiger partial charge in [-0.05, 0) is 37.6 Å². The van der Waals surface area contributed by atoms with Gasteiger partial charge in [0.15, 0.2) is 4.21 Å². The predicted molar refractivity (Wildman–Crippen MR) is 114 cm³/mol. The Bertz CT molecular complexity index is 1160. The third-order valence-electron chi connectivity index (χ3n) is 4.15. The highest BCUT2D eigenvalue weighted by Gasteiger charge is 2.33. The molecule has 0 aliphatic heterocycles. The normalized spacial score (nSPS) is 11.3. The van der Waals surface area contributed by atoms with Gasteiger partial charge in [0.25, 0.3) is 15.9 Å². The fourth-order valence-corrected chi connectivity index (χ4v) is 5.35. The molecule has 0 aliphatic carbocycles. The Morgan fingerprint density at radius 1 is 1.03 bits per heavy atom. The van der Waals surface area contributed by atoms with Crippen LogP contribution in [0, 0.1) is 13.8 Å². The van der Waals surface area contributed by atoms with E-state index in [-0.39, 0.29) is 16.0 Å². The first kappa shape index (κ1) is 24.1. The molecule has 31 heavy (non-hydrogen) atoms. The largest absolute Gasteiger partial charge is 0.496 e. The molecule has 11 heteroatoms. The Kier molecular flexibility index (Phi) is 7.58. The number of hydrogen-bond acceptors (Lipinski definition) is 9. The number of hydrogen-bond donors (Lipinski definition) is 1. The lowest BCUT2D eigenvalue weighted by Crippen LogP contribution is -2.29. The van der Waals surface area contributed by atoms with Crippen LogP contribution in [0.1, 0.15) is 36.7 Å². The molecule has 1 amide bonds. The van der Waals surface area contributed by atoms with Gasteiger partial charge in [-0.25, -0.2) is 22.7 Å². The van der Waals surface area contributed by atoms with Gasteiger partial charge in [0.2, 0.25) is 0 Å². The van der Waals surface area contributed by atoms with Gasteiger partial charge in [0.1, 0.15) is 10.6 Å². The van der Waals surface area contributed by atoms with Crippen molar-refractivity contribution in [1.29, 1.82) is 0 Å². The van der Waals surface area contributed by atoms with Gasteiger partial charge in [-0.1, -0.05) is 11.6 Å². The number of esters is 2. The van der Waals surface area contributed by atoms with Crippen molar-refractivity contribution in [2.24, 2.45) is 0 Å². The Morgan fingerprint density at radius 3 is 2.26 bits per heavy atom. The highest BCUT2D eigenvalue weighted by Crippen LogP contribution is 2.33. The van der Waals surface area contributed by atoms with E-state index in [0.29, 0.717) is 22.6 Å². The lowest BCUT2D eigenvalue weighted by Gasteiger charge is -2.07. The van der Waals surface area contributed by atoms with E-state index in [1.165, 1.54) is 20.1 Å². The van der Waals surface area contributed by atoms with Crippen LogP contribution in [-0.4, -0.2) is 47.6 Å². The van der Waals surface area contributed by atoms with Crippen molar-refractivity contribution in [2.75, 3.05) is 21.3 Å². The SMILES string of the molecule is COC(=O)c1sc(S(=O)(=O)NC(=O)C=Cc2cc(C)ccc2OC)c(C(=O)OC)c1C. The van der Waals surface area contributed by atoms with Crippen LogP contribution in [0.25, 0.3) is 6.08 Å². The maximum atomic E-state index is 12.8. The van der Waals surface area contributed by atoms with Crippen molar-refractivity contribution < 1.29 is 37.0 Å². The summed E-state index contributed by atoms with van der Waals surface area (Å²) in [4.78, 5) is 36.3. The number of ether oxygens (including phenoxy) is 3. The van der Waals surface area contributed by atoms with Gasteiger partial charge >= 0.3 is 11.9 Å². The third kappa shape index (κ3) is 5.30. The van der Waals surface area contributed by atoms with Crippen LogP contribution in [-0.2, 0) is 24.3 Å². The Morgan fingerprint density at radius 2 is 1.68 bits per heavy atom. The summed E-state index contributed by atoms with van der Waals surface area (Å²) in [6.07, 6.45) is 2.42. The molecule has 1 aromatic heterocycles. The van der Waals surface area contributed by atoms with Crippen LogP contribution in [0.3, 0.4) is 0 Å². The average Bonchev–Trinajstić information content (AvgIpc) is 3.09. The summed E-state index contributed by atoms with van der Waals surface area (Å²) in [6, 6.07) is 5.31. The Balaban J connectivity index is 2.40. The monoisotopic (exact) mass is 467 g/mol. The number of carbonyl (C=O) groups is 3. The number of nitrogens with one attached hydrogen (secondary N) is 1. The number of sulfonamides is 1. The minimum absolute atomic E-state index is 0.0802. The van der Waals surface area contributed by atoms with Crippen molar-refractivity contribution in [1.82, 2.24) is 4.72 Å². The van der Waals surface area contributed by atoms with Gasteiger partial charge in [-0.3, -0.25) is 4.79 Å². The van der Waals surface area contributed by atoms with Crippen molar-refractivity contribution in [2.45, 2.75) is 18.1 Å². The summed E-state index contributed by atoms with van der Waals surface area (Å²) >= 11 is 0.512. The van der Waals surface area contributed by atoms with Gasteiger partial charge in [0.05, 0.1) is 26.9 Å². The second-order valence-electron chi connectivity index (χ2n) is 6.25. The van der Waals surface area contributed by atoms with Crippen LogP contribution in [0.4, 0.5) is 0 Å². The van der Waals surface area contributed by atoms with E-state index >= 15 is 0 Å². The van der Waals surface area contributed by atoms with E-state index in [1.807, 2.05) is 17.7 Å². The lowest BCUT2D eigenvalue weighted by molar-refractivity contribution is -0.114. The maximum Gasteiger partial charge on any atom is 0.348 e. The van der Waals surface area contributed by atoms with Gasteiger partial charge in [-0.15, -0.1) is 11.3 Å². The fraction of sp³-hybridized carbons (Fsp3) is 0.250. The molecule has 2 rings (SSSR count). The minimum atomic E-state index is -4.49. The average molecular weight is 468 g/mol. The fourth-order valence-electron chi connectivity index (χ4n) is 2.66. The molecular weight excluding hydrogens is 446 g/mol. The molecule has 9 nitrogen and oxygen atoms in total. The van der Waals surface area contributed by atoms with Crippen molar-refractivity contribution in [3.8, 4) is 5.75 Å². The molecule has 0 saturated carbocycles. The number of benzene rings is 1.